The fraction of sp³-hybridized carbons (Fsp3) is 0.0526. The van der Waals surface area contributed by atoms with Crippen molar-refractivity contribution in [2.45, 2.75) is 12.4 Å². The number of halogens is 6. The Labute approximate surface area is 268 Å². The van der Waals surface area contributed by atoms with Crippen LogP contribution in [0, 0.1) is 11.3 Å². The highest BCUT2D eigenvalue weighted by Gasteiger charge is 2.33. The lowest BCUT2D eigenvalue weighted by Gasteiger charge is -2.19. The SMILES string of the molecule is N#Cc1cc(-n2c3ccccc3c3cc(C(F)(F)F)ccc32)c(-n2c3ccccc3c3cc(C(F)(F)F)ccc32)cc1-c1ccncc1. The minimum Gasteiger partial charge on any atom is -0.307 e. The number of hydrogen-bond acceptors (Lipinski definition) is 2. The minimum absolute atomic E-state index is 0.290. The number of alkyl halides is 6. The van der Waals surface area contributed by atoms with Gasteiger partial charge in [-0.3, -0.25) is 4.98 Å². The zero-order valence-corrected chi connectivity index (χ0v) is 24.6. The number of fused-ring (bicyclic) bond motifs is 6. The lowest BCUT2D eigenvalue weighted by atomic mass is 9.99. The topological polar surface area (TPSA) is 46.5 Å². The Morgan fingerprint density at radius 1 is 0.521 bits per heavy atom. The molecule has 0 atom stereocenters. The second-order valence-corrected chi connectivity index (χ2v) is 11.4. The number of benzene rings is 5. The highest BCUT2D eigenvalue weighted by Crippen LogP contribution is 2.43. The van der Waals surface area contributed by atoms with Crippen LogP contribution in [0.2, 0.25) is 0 Å². The van der Waals surface area contributed by atoms with E-state index in [9.17, 15) is 31.6 Å². The van der Waals surface area contributed by atoms with Gasteiger partial charge in [0.05, 0.1) is 56.2 Å². The van der Waals surface area contributed by atoms with Crippen molar-refractivity contribution in [3.63, 3.8) is 0 Å². The number of aromatic nitrogens is 3. The van der Waals surface area contributed by atoms with Gasteiger partial charge in [0.2, 0.25) is 0 Å². The molecule has 0 aliphatic carbocycles. The number of nitrogens with zero attached hydrogens (tertiary/aromatic N) is 4. The molecule has 0 spiro atoms. The molecule has 3 aromatic heterocycles. The average Bonchev–Trinajstić information content (AvgIpc) is 3.59. The van der Waals surface area contributed by atoms with E-state index in [1.54, 1.807) is 85.2 Å². The molecule has 5 aromatic carbocycles. The molecule has 0 bridgehead atoms. The second-order valence-electron chi connectivity index (χ2n) is 11.4. The monoisotopic (exact) mass is 646 g/mol. The van der Waals surface area contributed by atoms with Crippen LogP contribution in [0.5, 0.6) is 0 Å². The van der Waals surface area contributed by atoms with Crippen LogP contribution in [0.15, 0.2) is 122 Å². The second kappa shape index (κ2) is 10.5. The summed E-state index contributed by atoms with van der Waals surface area (Å²) < 4.78 is 87.0. The predicted molar refractivity (Wildman–Crippen MR) is 173 cm³/mol. The third-order valence-electron chi connectivity index (χ3n) is 8.71. The van der Waals surface area contributed by atoms with E-state index in [1.165, 1.54) is 12.1 Å². The molecule has 3 heterocycles. The summed E-state index contributed by atoms with van der Waals surface area (Å²) in [6.07, 6.45) is -5.95. The Morgan fingerprint density at radius 3 is 1.46 bits per heavy atom. The van der Waals surface area contributed by atoms with E-state index >= 15 is 0 Å². The van der Waals surface area contributed by atoms with Crippen molar-refractivity contribution in [1.29, 1.82) is 5.26 Å². The largest absolute Gasteiger partial charge is 0.416 e. The standard InChI is InChI=1S/C38H20F6N4/c39-37(40,41)24-9-11-33-29(18-24)26-5-1-3-7-31(26)47(33)35-17-23(21-45)28(22-13-15-46-16-14-22)20-36(35)48-32-8-4-2-6-27(32)30-19-25(38(42,43)44)10-12-34(30)48/h1-20H. The molecule has 4 nitrogen and oxygen atoms in total. The molecule has 8 aromatic rings. The summed E-state index contributed by atoms with van der Waals surface area (Å²) in [5.41, 5.74) is 3.05. The van der Waals surface area contributed by atoms with Gasteiger partial charge in [-0.2, -0.15) is 31.6 Å². The van der Waals surface area contributed by atoms with Gasteiger partial charge in [-0.25, -0.2) is 0 Å². The summed E-state index contributed by atoms with van der Waals surface area (Å²) in [6, 6.07) is 30.5. The molecular formula is C38H20F6N4. The first kappa shape index (κ1) is 29.3. The molecule has 0 aliphatic rings. The van der Waals surface area contributed by atoms with Crippen molar-refractivity contribution in [3.05, 3.63) is 138 Å². The summed E-state index contributed by atoms with van der Waals surface area (Å²) in [6.45, 7) is 0. The van der Waals surface area contributed by atoms with Crippen LogP contribution in [0.1, 0.15) is 16.7 Å². The number of nitriles is 1. The van der Waals surface area contributed by atoms with Crippen molar-refractivity contribution in [1.82, 2.24) is 14.1 Å². The fourth-order valence-corrected chi connectivity index (χ4v) is 6.62. The van der Waals surface area contributed by atoms with Crippen LogP contribution in [0.3, 0.4) is 0 Å². The van der Waals surface area contributed by atoms with Gasteiger partial charge in [0.1, 0.15) is 0 Å². The molecule has 48 heavy (non-hydrogen) atoms. The molecule has 10 heteroatoms. The maximum absolute atomic E-state index is 13.9. The molecule has 234 valence electrons. The van der Waals surface area contributed by atoms with Crippen LogP contribution in [0.4, 0.5) is 26.3 Å². The summed E-state index contributed by atoms with van der Waals surface area (Å²) >= 11 is 0. The van der Waals surface area contributed by atoms with E-state index in [0.717, 1.165) is 24.3 Å². The normalized spacial score (nSPS) is 12.4. The Kier molecular flexibility index (Phi) is 6.40. The van der Waals surface area contributed by atoms with Gasteiger partial charge in [0.15, 0.2) is 0 Å². The van der Waals surface area contributed by atoms with Crippen LogP contribution in [-0.2, 0) is 12.4 Å². The van der Waals surface area contributed by atoms with Gasteiger partial charge >= 0.3 is 12.4 Å². The molecule has 0 saturated carbocycles. The lowest BCUT2D eigenvalue weighted by molar-refractivity contribution is -0.138. The summed E-state index contributed by atoms with van der Waals surface area (Å²) in [7, 11) is 0. The molecule has 0 N–H and O–H groups in total. The third-order valence-corrected chi connectivity index (χ3v) is 8.71. The molecule has 8 rings (SSSR count). The van der Waals surface area contributed by atoms with Crippen molar-refractivity contribution < 1.29 is 26.3 Å². The average molecular weight is 647 g/mol. The lowest BCUT2D eigenvalue weighted by Crippen LogP contribution is -2.07. The summed E-state index contributed by atoms with van der Waals surface area (Å²) in [5, 5.41) is 12.3. The van der Waals surface area contributed by atoms with Crippen molar-refractivity contribution >= 4 is 43.6 Å². The van der Waals surface area contributed by atoms with Crippen LogP contribution < -0.4 is 0 Å². The van der Waals surface area contributed by atoms with Gasteiger partial charge in [-0.15, -0.1) is 0 Å². The summed E-state index contributed by atoms with van der Waals surface area (Å²) in [5.74, 6) is 0. The maximum Gasteiger partial charge on any atom is 0.416 e. The van der Waals surface area contributed by atoms with Gasteiger partial charge in [-0.1, -0.05) is 36.4 Å². The fourth-order valence-electron chi connectivity index (χ4n) is 6.62. The highest BCUT2D eigenvalue weighted by atomic mass is 19.4. The van der Waals surface area contributed by atoms with Gasteiger partial charge < -0.3 is 9.13 Å². The Hall–Kier alpha value is -6.08. The number of rotatable bonds is 3. The van der Waals surface area contributed by atoms with E-state index in [4.69, 9.17) is 0 Å². The maximum atomic E-state index is 13.9. The molecule has 0 radical (unpaired) electrons. The first-order valence-electron chi connectivity index (χ1n) is 14.7. The zero-order chi connectivity index (χ0) is 33.4. The van der Waals surface area contributed by atoms with Gasteiger partial charge in [0, 0.05) is 39.5 Å². The molecular weight excluding hydrogens is 626 g/mol. The Balaban J connectivity index is 1.55. The number of para-hydroxylation sites is 2. The first-order chi connectivity index (χ1) is 23.0. The molecule has 0 unspecified atom stereocenters. The van der Waals surface area contributed by atoms with E-state index in [2.05, 4.69) is 11.1 Å². The van der Waals surface area contributed by atoms with E-state index in [1.807, 2.05) is 9.13 Å². The van der Waals surface area contributed by atoms with Gasteiger partial charge in [-0.05, 0) is 78.4 Å². The van der Waals surface area contributed by atoms with Crippen LogP contribution >= 0.6 is 0 Å². The smallest absolute Gasteiger partial charge is 0.307 e. The van der Waals surface area contributed by atoms with Crippen LogP contribution in [-0.4, -0.2) is 14.1 Å². The molecule has 0 fully saturated rings. The Bertz CT molecular complexity index is 2600. The Morgan fingerprint density at radius 2 is 0.979 bits per heavy atom. The van der Waals surface area contributed by atoms with Crippen molar-refractivity contribution in [2.75, 3.05) is 0 Å². The summed E-state index contributed by atoms with van der Waals surface area (Å²) in [4.78, 5) is 4.10. The van der Waals surface area contributed by atoms with Crippen molar-refractivity contribution in [3.8, 4) is 28.6 Å². The van der Waals surface area contributed by atoms with E-state index in [-0.39, 0.29) is 5.56 Å². The molecule has 0 saturated heterocycles. The zero-order valence-electron chi connectivity index (χ0n) is 24.6. The highest BCUT2D eigenvalue weighted by molar-refractivity contribution is 6.12. The minimum atomic E-state index is -4.57. The number of hydrogen-bond donors (Lipinski definition) is 0. The molecule has 0 amide bonds. The van der Waals surface area contributed by atoms with Gasteiger partial charge in [0.25, 0.3) is 0 Å². The van der Waals surface area contributed by atoms with Crippen molar-refractivity contribution in [2.24, 2.45) is 0 Å². The molecule has 0 aliphatic heterocycles. The third kappa shape index (κ3) is 4.50. The van der Waals surface area contributed by atoms with E-state index in [0.29, 0.717) is 66.1 Å². The predicted octanol–water partition coefficient (Wildman–Crippen LogP) is 10.9. The van der Waals surface area contributed by atoms with Crippen LogP contribution in [0.25, 0.3) is 66.1 Å². The quantitative estimate of drug-likeness (QED) is 0.179. The number of pyridine rings is 1. The first-order valence-corrected chi connectivity index (χ1v) is 14.7. The van der Waals surface area contributed by atoms with E-state index < -0.39 is 23.5 Å².